The molecule has 2 aromatic rings. The number of carbonyl (C=O) groups excluding carboxylic acids is 2. The molecule has 1 N–H and O–H groups in total. The van der Waals surface area contributed by atoms with Crippen LogP contribution in [0, 0.1) is 13.8 Å². The van der Waals surface area contributed by atoms with Crippen molar-refractivity contribution in [1.82, 2.24) is 5.32 Å². The van der Waals surface area contributed by atoms with Crippen molar-refractivity contribution in [2.45, 2.75) is 52.2 Å². The smallest absolute Gasteiger partial charge is 0.286 e. The molecule has 0 aromatic heterocycles. The molecule has 2 aromatic carbocycles. The highest BCUT2D eigenvalue weighted by atomic mass is 32.2. The molecule has 1 aliphatic heterocycles. The Morgan fingerprint density at radius 2 is 1.73 bits per heavy atom. The van der Waals surface area contributed by atoms with Gasteiger partial charge in [-0.1, -0.05) is 68.3 Å². The molecular weight excluding hydrogens is 342 g/mol. The zero-order valence-electron chi connectivity index (χ0n) is 16.0. The number of thioether (sulfide) groups is 1. The van der Waals surface area contributed by atoms with Crippen LogP contribution in [0.15, 0.2) is 42.5 Å². The second-order valence-corrected chi connectivity index (χ2v) is 7.59. The van der Waals surface area contributed by atoms with Gasteiger partial charge in [0.2, 0.25) is 5.91 Å². The number of rotatable bonds is 4. The van der Waals surface area contributed by atoms with Gasteiger partial charge in [-0.2, -0.15) is 0 Å². The summed E-state index contributed by atoms with van der Waals surface area (Å²) < 4.78 is 0. The first-order chi connectivity index (χ1) is 12.5. The van der Waals surface area contributed by atoms with Crippen molar-refractivity contribution < 1.29 is 9.59 Å². The Kier molecular flexibility index (Phi) is 7.46. The molecule has 1 saturated heterocycles. The van der Waals surface area contributed by atoms with Crippen molar-refractivity contribution in [2.24, 2.45) is 0 Å². The number of hydrogen-bond donors (Lipinski definition) is 1. The van der Waals surface area contributed by atoms with E-state index in [2.05, 4.69) is 45.1 Å². The monoisotopic (exact) mass is 369 g/mol. The molecule has 3 rings (SSSR count). The minimum Gasteiger partial charge on any atom is -0.286 e. The van der Waals surface area contributed by atoms with E-state index in [4.69, 9.17) is 0 Å². The predicted molar refractivity (Wildman–Crippen MR) is 110 cm³/mol. The molecule has 1 heterocycles. The van der Waals surface area contributed by atoms with Gasteiger partial charge in [-0.25, -0.2) is 0 Å². The number of amides is 2. The SMILES string of the molecule is CCCc1cc(C)cc(C)c1CC.O=C1NC(=O)C(c2ccccc2)S1. The molecule has 1 unspecified atom stereocenters. The topological polar surface area (TPSA) is 46.2 Å². The highest BCUT2D eigenvalue weighted by molar-refractivity contribution is 8.15. The van der Waals surface area contributed by atoms with Gasteiger partial charge in [0.05, 0.1) is 0 Å². The lowest BCUT2D eigenvalue weighted by Crippen LogP contribution is -2.20. The van der Waals surface area contributed by atoms with E-state index in [1.165, 1.54) is 30.4 Å². The van der Waals surface area contributed by atoms with Gasteiger partial charge in [0.25, 0.3) is 5.24 Å². The molecule has 0 radical (unpaired) electrons. The molecule has 138 valence electrons. The summed E-state index contributed by atoms with van der Waals surface area (Å²) in [6.07, 6.45) is 3.64. The van der Waals surface area contributed by atoms with E-state index in [-0.39, 0.29) is 16.4 Å². The summed E-state index contributed by atoms with van der Waals surface area (Å²) in [5.74, 6) is -0.221. The van der Waals surface area contributed by atoms with Gasteiger partial charge >= 0.3 is 0 Å². The zero-order chi connectivity index (χ0) is 19.1. The maximum atomic E-state index is 11.2. The van der Waals surface area contributed by atoms with Crippen LogP contribution in [0.3, 0.4) is 0 Å². The normalized spacial score (nSPS) is 16.1. The summed E-state index contributed by atoms with van der Waals surface area (Å²) in [7, 11) is 0. The third-order valence-electron chi connectivity index (χ3n) is 4.37. The van der Waals surface area contributed by atoms with Gasteiger partial charge < -0.3 is 0 Å². The fourth-order valence-corrected chi connectivity index (χ4v) is 4.12. The lowest BCUT2D eigenvalue weighted by atomic mass is 9.94. The van der Waals surface area contributed by atoms with Crippen molar-refractivity contribution >= 4 is 22.9 Å². The van der Waals surface area contributed by atoms with Crippen LogP contribution in [0.2, 0.25) is 0 Å². The van der Waals surface area contributed by atoms with Crippen LogP contribution in [0.25, 0.3) is 0 Å². The Bertz CT molecular complexity index is 771. The molecule has 0 spiro atoms. The number of imide groups is 1. The third kappa shape index (κ3) is 5.21. The summed E-state index contributed by atoms with van der Waals surface area (Å²) in [6.45, 7) is 8.91. The van der Waals surface area contributed by atoms with E-state index in [9.17, 15) is 9.59 Å². The van der Waals surface area contributed by atoms with Crippen molar-refractivity contribution in [1.29, 1.82) is 0 Å². The lowest BCUT2D eigenvalue weighted by Gasteiger charge is -2.11. The maximum absolute atomic E-state index is 11.2. The Balaban J connectivity index is 0.000000187. The van der Waals surface area contributed by atoms with E-state index in [1.54, 1.807) is 11.1 Å². The van der Waals surface area contributed by atoms with E-state index in [0.717, 1.165) is 17.3 Å². The molecule has 0 bridgehead atoms. The molecule has 1 atom stereocenters. The summed E-state index contributed by atoms with van der Waals surface area (Å²) in [5, 5.41) is 1.62. The molecule has 1 aliphatic rings. The van der Waals surface area contributed by atoms with Crippen LogP contribution in [0.5, 0.6) is 0 Å². The Morgan fingerprint density at radius 1 is 1.04 bits per heavy atom. The first kappa shape index (κ1) is 20.2. The quantitative estimate of drug-likeness (QED) is 0.771. The standard InChI is InChI=1S/C13H20.C9H7NO2S/c1-5-7-12-9-10(3)8-11(4)13(12)6-2;11-8-7(13-9(12)10-8)6-4-2-1-3-5-6/h8-9H,5-7H2,1-4H3;1-5,7H,(H,10,11,12). The number of nitrogens with one attached hydrogen (secondary N) is 1. The van der Waals surface area contributed by atoms with Gasteiger partial charge in [0.1, 0.15) is 5.25 Å². The van der Waals surface area contributed by atoms with Crippen LogP contribution in [-0.2, 0) is 17.6 Å². The molecule has 3 nitrogen and oxygen atoms in total. The van der Waals surface area contributed by atoms with E-state index < -0.39 is 0 Å². The van der Waals surface area contributed by atoms with E-state index in [0.29, 0.717) is 0 Å². The Morgan fingerprint density at radius 3 is 2.27 bits per heavy atom. The largest absolute Gasteiger partial charge is 0.286 e. The molecule has 4 heteroatoms. The first-order valence-corrected chi connectivity index (χ1v) is 9.99. The Labute approximate surface area is 160 Å². The number of benzene rings is 2. The molecule has 0 aliphatic carbocycles. The second-order valence-electron chi connectivity index (χ2n) is 6.51. The van der Waals surface area contributed by atoms with Crippen molar-refractivity contribution in [3.05, 3.63) is 70.3 Å². The van der Waals surface area contributed by atoms with E-state index in [1.807, 2.05) is 30.3 Å². The average molecular weight is 370 g/mol. The second kappa shape index (κ2) is 9.58. The first-order valence-electron chi connectivity index (χ1n) is 9.11. The molecule has 1 fully saturated rings. The van der Waals surface area contributed by atoms with Gasteiger partial charge in [-0.3, -0.25) is 14.9 Å². The van der Waals surface area contributed by atoms with E-state index >= 15 is 0 Å². The number of hydrogen-bond acceptors (Lipinski definition) is 3. The number of carbonyl (C=O) groups is 2. The summed E-state index contributed by atoms with van der Waals surface area (Å²) >= 11 is 1.03. The maximum Gasteiger partial charge on any atom is 0.286 e. The fraction of sp³-hybridized carbons (Fsp3) is 0.364. The van der Waals surface area contributed by atoms with Crippen LogP contribution in [0.1, 0.15) is 53.3 Å². The molecule has 26 heavy (non-hydrogen) atoms. The highest BCUT2D eigenvalue weighted by Crippen LogP contribution is 2.33. The predicted octanol–water partition coefficient (Wildman–Crippen LogP) is 5.53. The summed E-state index contributed by atoms with van der Waals surface area (Å²) in [5.41, 5.74) is 6.86. The van der Waals surface area contributed by atoms with Crippen LogP contribution in [-0.4, -0.2) is 11.1 Å². The van der Waals surface area contributed by atoms with Gasteiger partial charge in [-0.15, -0.1) is 0 Å². The minimum atomic E-state index is -0.367. The van der Waals surface area contributed by atoms with Crippen molar-refractivity contribution in [2.75, 3.05) is 0 Å². The molecular formula is C22H27NO2S. The minimum absolute atomic E-state index is 0.221. The van der Waals surface area contributed by atoms with Crippen LogP contribution in [0.4, 0.5) is 4.79 Å². The Hall–Kier alpha value is -2.07. The third-order valence-corrected chi connectivity index (χ3v) is 5.41. The summed E-state index contributed by atoms with van der Waals surface area (Å²) in [4.78, 5) is 22.1. The van der Waals surface area contributed by atoms with Gasteiger partial charge in [0.15, 0.2) is 0 Å². The van der Waals surface area contributed by atoms with Crippen LogP contribution >= 0.6 is 11.8 Å². The fourth-order valence-electron chi connectivity index (χ4n) is 3.29. The van der Waals surface area contributed by atoms with Crippen LogP contribution < -0.4 is 5.32 Å². The molecule has 2 amide bonds. The summed E-state index contributed by atoms with van der Waals surface area (Å²) in [6, 6.07) is 13.9. The van der Waals surface area contributed by atoms with Gasteiger partial charge in [0, 0.05) is 0 Å². The average Bonchev–Trinajstić information content (AvgIpc) is 2.95. The van der Waals surface area contributed by atoms with Crippen molar-refractivity contribution in [3.8, 4) is 0 Å². The van der Waals surface area contributed by atoms with Crippen molar-refractivity contribution in [3.63, 3.8) is 0 Å². The number of aryl methyl sites for hydroxylation is 3. The van der Waals surface area contributed by atoms with Gasteiger partial charge in [-0.05, 0) is 60.7 Å². The highest BCUT2D eigenvalue weighted by Gasteiger charge is 2.32. The zero-order valence-corrected chi connectivity index (χ0v) is 16.8. The molecule has 0 saturated carbocycles. The lowest BCUT2D eigenvalue weighted by molar-refractivity contribution is -0.119.